The SMILES string of the molecule is CC1(Oc2ncccc2C=O)COC1. The molecule has 4 nitrogen and oxygen atoms in total. The maximum Gasteiger partial charge on any atom is 0.224 e. The van der Waals surface area contributed by atoms with Gasteiger partial charge in [-0.2, -0.15) is 0 Å². The number of pyridine rings is 1. The minimum atomic E-state index is -0.327. The van der Waals surface area contributed by atoms with Crippen LogP contribution in [0, 0.1) is 0 Å². The lowest BCUT2D eigenvalue weighted by Gasteiger charge is -2.37. The highest BCUT2D eigenvalue weighted by Crippen LogP contribution is 2.24. The maximum atomic E-state index is 10.7. The molecule has 1 aliphatic rings. The third kappa shape index (κ3) is 1.61. The molecule has 0 aromatic carbocycles. The largest absolute Gasteiger partial charge is 0.466 e. The lowest BCUT2D eigenvalue weighted by Crippen LogP contribution is -2.51. The number of carbonyl (C=O) groups is 1. The summed E-state index contributed by atoms with van der Waals surface area (Å²) in [4.78, 5) is 14.7. The highest BCUT2D eigenvalue weighted by Gasteiger charge is 2.36. The van der Waals surface area contributed by atoms with E-state index in [2.05, 4.69) is 4.98 Å². The molecule has 2 rings (SSSR count). The average Bonchev–Trinajstić information content (AvgIpc) is 2.16. The van der Waals surface area contributed by atoms with Gasteiger partial charge in [-0.3, -0.25) is 4.79 Å². The topological polar surface area (TPSA) is 48.4 Å². The van der Waals surface area contributed by atoms with Crippen molar-refractivity contribution in [3.05, 3.63) is 23.9 Å². The van der Waals surface area contributed by atoms with E-state index in [-0.39, 0.29) is 5.60 Å². The summed E-state index contributed by atoms with van der Waals surface area (Å²) in [7, 11) is 0. The zero-order chi connectivity index (χ0) is 10.0. The van der Waals surface area contributed by atoms with Gasteiger partial charge in [0.05, 0.1) is 18.8 Å². The first-order valence-electron chi connectivity index (χ1n) is 4.40. The third-order valence-corrected chi connectivity index (χ3v) is 2.09. The van der Waals surface area contributed by atoms with Crippen molar-refractivity contribution in [1.82, 2.24) is 4.98 Å². The Morgan fingerprint density at radius 2 is 2.43 bits per heavy atom. The summed E-state index contributed by atoms with van der Waals surface area (Å²) in [6.45, 7) is 3.02. The van der Waals surface area contributed by atoms with Gasteiger partial charge in [-0.25, -0.2) is 4.98 Å². The van der Waals surface area contributed by atoms with Gasteiger partial charge in [0.25, 0.3) is 0 Å². The third-order valence-electron chi connectivity index (χ3n) is 2.09. The molecule has 0 atom stereocenters. The van der Waals surface area contributed by atoms with E-state index in [1.807, 2.05) is 6.92 Å². The van der Waals surface area contributed by atoms with Gasteiger partial charge in [-0.1, -0.05) is 0 Å². The van der Waals surface area contributed by atoms with Crippen LogP contribution in [-0.2, 0) is 4.74 Å². The summed E-state index contributed by atoms with van der Waals surface area (Å²) in [5.41, 5.74) is 0.146. The van der Waals surface area contributed by atoms with Crippen LogP contribution in [0.4, 0.5) is 0 Å². The molecule has 1 aromatic heterocycles. The quantitative estimate of drug-likeness (QED) is 0.673. The van der Waals surface area contributed by atoms with Gasteiger partial charge in [-0.05, 0) is 19.1 Å². The van der Waals surface area contributed by atoms with Gasteiger partial charge < -0.3 is 9.47 Å². The highest BCUT2D eigenvalue weighted by atomic mass is 16.6. The molecule has 0 spiro atoms. The van der Waals surface area contributed by atoms with Gasteiger partial charge in [0.1, 0.15) is 0 Å². The Balaban J connectivity index is 2.19. The van der Waals surface area contributed by atoms with Crippen molar-refractivity contribution in [2.75, 3.05) is 13.2 Å². The predicted octanol–water partition coefficient (Wildman–Crippen LogP) is 1.06. The Morgan fingerprint density at radius 1 is 1.64 bits per heavy atom. The van der Waals surface area contributed by atoms with Crippen molar-refractivity contribution in [3.63, 3.8) is 0 Å². The summed E-state index contributed by atoms with van der Waals surface area (Å²) >= 11 is 0. The molecular formula is C10H11NO3. The second-order valence-corrected chi connectivity index (χ2v) is 3.56. The molecule has 4 heteroatoms. The van der Waals surface area contributed by atoms with Crippen LogP contribution in [-0.4, -0.2) is 30.1 Å². The number of aromatic nitrogens is 1. The fraction of sp³-hybridized carbons (Fsp3) is 0.400. The van der Waals surface area contributed by atoms with Crippen molar-refractivity contribution in [3.8, 4) is 5.88 Å². The first-order chi connectivity index (χ1) is 6.73. The van der Waals surface area contributed by atoms with E-state index in [1.54, 1.807) is 18.3 Å². The number of carbonyl (C=O) groups excluding carboxylic acids is 1. The number of aldehydes is 1. The van der Waals surface area contributed by atoms with Crippen molar-refractivity contribution >= 4 is 6.29 Å². The van der Waals surface area contributed by atoms with E-state index in [0.717, 1.165) is 6.29 Å². The molecule has 0 saturated carbocycles. The average molecular weight is 193 g/mol. The smallest absolute Gasteiger partial charge is 0.224 e. The summed E-state index contributed by atoms with van der Waals surface area (Å²) in [5, 5.41) is 0. The molecule has 0 aliphatic carbocycles. The standard InChI is InChI=1S/C10H11NO3/c1-10(6-13-7-10)14-9-8(5-12)3-2-4-11-9/h2-5H,6-7H2,1H3. The normalized spacial score (nSPS) is 18.4. The predicted molar refractivity (Wildman–Crippen MR) is 49.5 cm³/mol. The van der Waals surface area contributed by atoms with Gasteiger partial charge >= 0.3 is 0 Å². The Morgan fingerprint density at radius 3 is 3.00 bits per heavy atom. The first-order valence-corrected chi connectivity index (χ1v) is 4.40. The van der Waals surface area contributed by atoms with E-state index in [1.165, 1.54) is 0 Å². The van der Waals surface area contributed by atoms with Gasteiger partial charge in [-0.15, -0.1) is 0 Å². The van der Waals surface area contributed by atoms with E-state index >= 15 is 0 Å². The van der Waals surface area contributed by atoms with E-state index in [0.29, 0.717) is 24.7 Å². The maximum absolute atomic E-state index is 10.7. The molecule has 1 aromatic rings. The number of hydrogen-bond donors (Lipinski definition) is 0. The summed E-state index contributed by atoms with van der Waals surface area (Å²) < 4.78 is 10.6. The molecule has 1 aliphatic heterocycles. The Kier molecular flexibility index (Phi) is 2.21. The molecule has 0 unspecified atom stereocenters. The summed E-state index contributed by atoms with van der Waals surface area (Å²) in [6.07, 6.45) is 2.34. The molecule has 0 N–H and O–H groups in total. The van der Waals surface area contributed by atoms with E-state index in [9.17, 15) is 4.79 Å². The molecule has 1 fully saturated rings. The Hall–Kier alpha value is -1.42. The molecule has 1 saturated heterocycles. The van der Waals surface area contributed by atoms with Crippen LogP contribution in [0.5, 0.6) is 5.88 Å². The highest BCUT2D eigenvalue weighted by molar-refractivity contribution is 5.77. The number of rotatable bonds is 3. The van der Waals surface area contributed by atoms with Crippen LogP contribution in [0.25, 0.3) is 0 Å². The zero-order valence-corrected chi connectivity index (χ0v) is 7.90. The van der Waals surface area contributed by atoms with Crippen LogP contribution >= 0.6 is 0 Å². The monoisotopic (exact) mass is 193 g/mol. The van der Waals surface area contributed by atoms with Crippen molar-refractivity contribution in [1.29, 1.82) is 0 Å². The molecule has 0 radical (unpaired) electrons. The second-order valence-electron chi connectivity index (χ2n) is 3.56. The summed E-state index contributed by atoms with van der Waals surface area (Å²) in [6, 6.07) is 3.38. The Labute approximate surface area is 81.9 Å². The molecule has 2 heterocycles. The van der Waals surface area contributed by atoms with Crippen LogP contribution in [0.2, 0.25) is 0 Å². The van der Waals surface area contributed by atoms with Gasteiger partial charge in [0.2, 0.25) is 5.88 Å². The van der Waals surface area contributed by atoms with Gasteiger partial charge in [0.15, 0.2) is 11.9 Å². The van der Waals surface area contributed by atoms with Crippen LogP contribution < -0.4 is 4.74 Å². The van der Waals surface area contributed by atoms with Crippen LogP contribution in [0.3, 0.4) is 0 Å². The lowest BCUT2D eigenvalue weighted by atomic mass is 10.1. The molecule has 0 amide bonds. The first kappa shape index (κ1) is 9.15. The molecule has 14 heavy (non-hydrogen) atoms. The fourth-order valence-electron chi connectivity index (χ4n) is 1.26. The molecule has 74 valence electrons. The van der Waals surface area contributed by atoms with Crippen LogP contribution in [0.1, 0.15) is 17.3 Å². The zero-order valence-electron chi connectivity index (χ0n) is 7.90. The second kappa shape index (κ2) is 3.38. The van der Waals surface area contributed by atoms with E-state index in [4.69, 9.17) is 9.47 Å². The van der Waals surface area contributed by atoms with Crippen LogP contribution in [0.15, 0.2) is 18.3 Å². The van der Waals surface area contributed by atoms with Crippen molar-refractivity contribution < 1.29 is 14.3 Å². The minimum absolute atomic E-state index is 0.327. The number of ether oxygens (including phenoxy) is 2. The molecular weight excluding hydrogens is 182 g/mol. The molecule has 0 bridgehead atoms. The Bertz CT molecular complexity index is 347. The van der Waals surface area contributed by atoms with Gasteiger partial charge in [0, 0.05) is 6.20 Å². The lowest BCUT2D eigenvalue weighted by molar-refractivity contribution is -0.151. The minimum Gasteiger partial charge on any atom is -0.466 e. The van der Waals surface area contributed by atoms with Crippen molar-refractivity contribution in [2.45, 2.75) is 12.5 Å². The fourth-order valence-corrected chi connectivity index (χ4v) is 1.26. The number of hydrogen-bond acceptors (Lipinski definition) is 4. The van der Waals surface area contributed by atoms with E-state index < -0.39 is 0 Å². The van der Waals surface area contributed by atoms with Crippen molar-refractivity contribution in [2.24, 2.45) is 0 Å². The summed E-state index contributed by atoms with van der Waals surface area (Å²) in [5.74, 6) is 0.383. The number of nitrogens with zero attached hydrogens (tertiary/aromatic N) is 1.